The van der Waals surface area contributed by atoms with Crippen LogP contribution in [0.15, 0.2) is 54.6 Å². The molecule has 1 aliphatic heterocycles. The van der Waals surface area contributed by atoms with Gasteiger partial charge < -0.3 is 9.80 Å². The number of benzene rings is 2. The molecule has 0 saturated heterocycles. The third-order valence-corrected chi connectivity index (χ3v) is 5.30. The summed E-state index contributed by atoms with van der Waals surface area (Å²) in [6, 6.07) is 18.9. The monoisotopic (exact) mass is 306 g/mol. The summed E-state index contributed by atoms with van der Waals surface area (Å²) >= 11 is 0. The van der Waals surface area contributed by atoms with Crippen LogP contribution < -0.4 is 9.80 Å². The first-order valence-corrected chi connectivity index (χ1v) is 8.43. The number of carbonyl (C=O) groups excluding carboxylic acids is 1. The van der Waals surface area contributed by atoms with Gasteiger partial charge in [0.25, 0.3) is 0 Å². The smallest absolute Gasteiger partial charge is 0.232 e. The van der Waals surface area contributed by atoms with Crippen molar-refractivity contribution in [3.63, 3.8) is 0 Å². The standard InChI is InChI=1S/C20H22N2O/c1-21-17-13-7-10-16(17)20(23)22(14-15-8-3-2-4-9-15)19-12-6-5-11-18(19)21/h2-6,8-9,11-12,16-17H,7,10,13-14H2,1H3. The number of nitrogens with zero attached hydrogens (tertiary/aromatic N) is 2. The lowest BCUT2D eigenvalue weighted by atomic mass is 10.0. The number of amides is 1. The summed E-state index contributed by atoms with van der Waals surface area (Å²) in [4.78, 5) is 17.6. The zero-order valence-electron chi connectivity index (χ0n) is 13.5. The van der Waals surface area contributed by atoms with Gasteiger partial charge in [-0.25, -0.2) is 0 Å². The molecule has 2 aromatic carbocycles. The van der Waals surface area contributed by atoms with Gasteiger partial charge in [-0.15, -0.1) is 0 Å². The second-order valence-corrected chi connectivity index (χ2v) is 6.61. The van der Waals surface area contributed by atoms with Crippen molar-refractivity contribution in [3.8, 4) is 0 Å². The molecule has 23 heavy (non-hydrogen) atoms. The highest BCUT2D eigenvalue weighted by Crippen LogP contribution is 2.42. The first-order valence-electron chi connectivity index (χ1n) is 8.43. The second kappa shape index (κ2) is 5.73. The zero-order chi connectivity index (χ0) is 15.8. The first kappa shape index (κ1) is 14.3. The minimum atomic E-state index is 0.121. The number of carbonyl (C=O) groups is 1. The van der Waals surface area contributed by atoms with Crippen LogP contribution in [0, 0.1) is 5.92 Å². The second-order valence-electron chi connectivity index (χ2n) is 6.61. The van der Waals surface area contributed by atoms with E-state index >= 15 is 0 Å². The predicted molar refractivity (Wildman–Crippen MR) is 93.6 cm³/mol. The van der Waals surface area contributed by atoms with E-state index in [2.05, 4.69) is 42.3 Å². The van der Waals surface area contributed by atoms with Gasteiger partial charge in [-0.1, -0.05) is 48.9 Å². The predicted octanol–water partition coefficient (Wildman–Crippen LogP) is 3.84. The normalized spacial score (nSPS) is 23.4. The van der Waals surface area contributed by atoms with Crippen molar-refractivity contribution in [1.29, 1.82) is 0 Å². The summed E-state index contributed by atoms with van der Waals surface area (Å²) in [5, 5.41) is 0. The molecule has 0 spiro atoms. The van der Waals surface area contributed by atoms with Gasteiger partial charge in [-0.2, -0.15) is 0 Å². The van der Waals surface area contributed by atoms with Gasteiger partial charge in [-0.3, -0.25) is 4.79 Å². The summed E-state index contributed by atoms with van der Waals surface area (Å²) in [6.45, 7) is 0.647. The van der Waals surface area contributed by atoms with Crippen molar-refractivity contribution in [1.82, 2.24) is 0 Å². The summed E-state index contributed by atoms with van der Waals surface area (Å²) in [5.41, 5.74) is 3.39. The molecule has 4 rings (SSSR count). The van der Waals surface area contributed by atoms with Crippen LogP contribution in [0.4, 0.5) is 11.4 Å². The molecule has 1 saturated carbocycles. The van der Waals surface area contributed by atoms with Gasteiger partial charge in [0, 0.05) is 13.1 Å². The maximum atomic E-state index is 13.2. The Morgan fingerprint density at radius 3 is 2.43 bits per heavy atom. The molecule has 1 fully saturated rings. The molecule has 1 aliphatic carbocycles. The first-order chi connectivity index (χ1) is 11.3. The molecule has 118 valence electrons. The average Bonchev–Trinajstić information content (AvgIpc) is 3.06. The third-order valence-electron chi connectivity index (χ3n) is 5.30. The van der Waals surface area contributed by atoms with E-state index < -0.39 is 0 Å². The van der Waals surface area contributed by atoms with Crippen LogP contribution in [0.2, 0.25) is 0 Å². The molecule has 2 aromatic rings. The molecule has 2 unspecified atom stereocenters. The van der Waals surface area contributed by atoms with E-state index in [1.807, 2.05) is 29.2 Å². The Kier molecular flexibility index (Phi) is 3.56. The molecule has 0 N–H and O–H groups in total. The van der Waals surface area contributed by atoms with Gasteiger partial charge in [-0.05, 0) is 30.5 Å². The highest BCUT2D eigenvalue weighted by atomic mass is 16.2. The lowest BCUT2D eigenvalue weighted by Crippen LogP contribution is -2.40. The van der Waals surface area contributed by atoms with Crippen molar-refractivity contribution in [3.05, 3.63) is 60.2 Å². The van der Waals surface area contributed by atoms with Crippen LogP contribution in [0.5, 0.6) is 0 Å². The lowest BCUT2D eigenvalue weighted by molar-refractivity contribution is -0.122. The molecule has 0 bridgehead atoms. The van der Waals surface area contributed by atoms with E-state index in [4.69, 9.17) is 0 Å². The lowest BCUT2D eigenvalue weighted by Gasteiger charge is -2.28. The fourth-order valence-electron chi connectivity index (χ4n) is 4.11. The summed E-state index contributed by atoms with van der Waals surface area (Å²) < 4.78 is 0. The highest BCUT2D eigenvalue weighted by molar-refractivity contribution is 6.00. The minimum absolute atomic E-state index is 0.121. The quantitative estimate of drug-likeness (QED) is 0.841. The fourth-order valence-corrected chi connectivity index (χ4v) is 4.11. The van der Waals surface area contributed by atoms with Gasteiger partial charge in [0.1, 0.15) is 0 Å². The van der Waals surface area contributed by atoms with E-state index in [-0.39, 0.29) is 11.8 Å². The average molecular weight is 306 g/mol. The molecule has 0 radical (unpaired) electrons. The Labute approximate surface area is 137 Å². The van der Waals surface area contributed by atoms with E-state index in [9.17, 15) is 4.79 Å². The summed E-state index contributed by atoms with van der Waals surface area (Å²) in [7, 11) is 2.14. The number of rotatable bonds is 2. The van der Waals surface area contributed by atoms with E-state index in [1.54, 1.807) is 0 Å². The van der Waals surface area contributed by atoms with Crippen molar-refractivity contribution < 1.29 is 4.79 Å². The van der Waals surface area contributed by atoms with Crippen molar-refractivity contribution in [2.24, 2.45) is 5.92 Å². The number of anilines is 2. The molecule has 2 aliphatic rings. The molecule has 3 nitrogen and oxygen atoms in total. The SMILES string of the molecule is CN1c2ccccc2N(Cc2ccccc2)C(=O)C2CCCC21. The van der Waals surface area contributed by atoms with Gasteiger partial charge in [0.05, 0.1) is 23.8 Å². The maximum absolute atomic E-state index is 13.2. The zero-order valence-corrected chi connectivity index (χ0v) is 13.5. The van der Waals surface area contributed by atoms with Crippen LogP contribution in [0.25, 0.3) is 0 Å². The number of hydrogen-bond donors (Lipinski definition) is 0. The number of hydrogen-bond acceptors (Lipinski definition) is 2. The number of para-hydroxylation sites is 2. The molecule has 2 atom stereocenters. The maximum Gasteiger partial charge on any atom is 0.232 e. The van der Waals surface area contributed by atoms with Crippen LogP contribution in [0.1, 0.15) is 24.8 Å². The highest BCUT2D eigenvalue weighted by Gasteiger charge is 2.42. The minimum Gasteiger partial charge on any atom is -0.369 e. The molecular formula is C20H22N2O. The Morgan fingerprint density at radius 2 is 1.65 bits per heavy atom. The van der Waals surface area contributed by atoms with Crippen LogP contribution in [-0.2, 0) is 11.3 Å². The van der Waals surface area contributed by atoms with E-state index in [0.29, 0.717) is 12.6 Å². The third kappa shape index (κ3) is 2.40. The largest absolute Gasteiger partial charge is 0.369 e. The molecule has 1 amide bonds. The molecular weight excluding hydrogens is 284 g/mol. The fraction of sp³-hybridized carbons (Fsp3) is 0.350. The Balaban J connectivity index is 1.79. The molecule has 1 heterocycles. The summed E-state index contributed by atoms with van der Waals surface area (Å²) in [6.07, 6.45) is 3.26. The van der Waals surface area contributed by atoms with Crippen LogP contribution >= 0.6 is 0 Å². The van der Waals surface area contributed by atoms with E-state index in [1.165, 1.54) is 11.3 Å². The van der Waals surface area contributed by atoms with Crippen molar-refractivity contribution >= 4 is 17.3 Å². The molecule has 3 heteroatoms. The van der Waals surface area contributed by atoms with Crippen LogP contribution in [-0.4, -0.2) is 19.0 Å². The topological polar surface area (TPSA) is 23.6 Å². The van der Waals surface area contributed by atoms with Gasteiger partial charge in [0.2, 0.25) is 5.91 Å². The number of fused-ring (bicyclic) bond motifs is 2. The van der Waals surface area contributed by atoms with Crippen molar-refractivity contribution in [2.75, 3.05) is 16.8 Å². The Bertz CT molecular complexity index is 713. The molecule has 0 aromatic heterocycles. The Morgan fingerprint density at radius 1 is 0.957 bits per heavy atom. The van der Waals surface area contributed by atoms with E-state index in [0.717, 1.165) is 24.9 Å². The Hall–Kier alpha value is -2.29. The van der Waals surface area contributed by atoms with Crippen molar-refractivity contribution in [2.45, 2.75) is 31.8 Å². The van der Waals surface area contributed by atoms with Crippen LogP contribution in [0.3, 0.4) is 0 Å². The van der Waals surface area contributed by atoms with Gasteiger partial charge in [0.15, 0.2) is 0 Å². The summed E-state index contributed by atoms with van der Waals surface area (Å²) in [5.74, 6) is 0.407. The van der Waals surface area contributed by atoms with Gasteiger partial charge >= 0.3 is 0 Å².